The van der Waals surface area contributed by atoms with Crippen LogP contribution in [0.3, 0.4) is 0 Å². The van der Waals surface area contributed by atoms with Crippen molar-refractivity contribution in [2.75, 3.05) is 37.5 Å². The Hall–Kier alpha value is -2.75. The standard InChI is InChI=1S/C22H27N5O2S2/c1-5-27(6-2)19-11-7-17(8-12-19)15-23-25-22-24-21(16-30-22)18-9-13-20(14-10-18)31(28,29)26(3)4/h7-16H,5-6H2,1-4H3,(H,24,25)/b23-15+. The summed E-state index contributed by atoms with van der Waals surface area (Å²) in [6.45, 7) is 6.24. The smallest absolute Gasteiger partial charge is 0.242 e. The number of hydrogen-bond donors (Lipinski definition) is 1. The van der Waals surface area contributed by atoms with Gasteiger partial charge in [-0.25, -0.2) is 17.7 Å². The van der Waals surface area contributed by atoms with Gasteiger partial charge in [-0.05, 0) is 43.7 Å². The van der Waals surface area contributed by atoms with Gasteiger partial charge in [-0.2, -0.15) is 5.10 Å². The summed E-state index contributed by atoms with van der Waals surface area (Å²) in [7, 11) is -0.408. The maximum absolute atomic E-state index is 12.2. The first-order valence-corrected chi connectivity index (χ1v) is 12.3. The lowest BCUT2D eigenvalue weighted by molar-refractivity contribution is 0.521. The second-order valence-electron chi connectivity index (χ2n) is 6.98. The highest BCUT2D eigenvalue weighted by atomic mass is 32.2. The second-order valence-corrected chi connectivity index (χ2v) is 9.99. The molecule has 3 rings (SSSR count). The molecule has 9 heteroatoms. The van der Waals surface area contributed by atoms with E-state index < -0.39 is 10.0 Å². The fourth-order valence-electron chi connectivity index (χ4n) is 2.99. The molecule has 0 spiro atoms. The molecule has 0 atom stereocenters. The Balaban J connectivity index is 1.64. The van der Waals surface area contributed by atoms with Gasteiger partial charge in [0, 0.05) is 43.8 Å². The molecule has 0 aliphatic heterocycles. The van der Waals surface area contributed by atoms with E-state index in [9.17, 15) is 8.42 Å². The van der Waals surface area contributed by atoms with Gasteiger partial charge in [0.2, 0.25) is 15.2 Å². The van der Waals surface area contributed by atoms with E-state index in [1.54, 1.807) is 30.5 Å². The number of hydrazone groups is 1. The van der Waals surface area contributed by atoms with E-state index in [0.29, 0.717) is 5.13 Å². The molecule has 3 aromatic rings. The van der Waals surface area contributed by atoms with Crippen LogP contribution in [0.15, 0.2) is 63.9 Å². The predicted molar refractivity (Wildman–Crippen MR) is 130 cm³/mol. The lowest BCUT2D eigenvalue weighted by Gasteiger charge is -2.20. The summed E-state index contributed by atoms with van der Waals surface area (Å²) in [5, 5.41) is 6.85. The van der Waals surface area contributed by atoms with Crippen LogP contribution in [-0.4, -0.2) is 51.1 Å². The topological polar surface area (TPSA) is 77.9 Å². The highest BCUT2D eigenvalue weighted by Gasteiger charge is 2.17. The molecule has 0 amide bonds. The van der Waals surface area contributed by atoms with Crippen LogP contribution in [0, 0.1) is 0 Å². The molecular weight excluding hydrogens is 430 g/mol. The van der Waals surface area contributed by atoms with Crippen molar-refractivity contribution >= 4 is 38.4 Å². The Bertz CT molecular complexity index is 1120. The molecule has 164 valence electrons. The third kappa shape index (κ3) is 5.49. The fraction of sp³-hybridized carbons (Fsp3) is 0.273. The number of hydrogen-bond acceptors (Lipinski definition) is 7. The van der Waals surface area contributed by atoms with Crippen molar-refractivity contribution in [1.82, 2.24) is 9.29 Å². The molecule has 0 unspecified atom stereocenters. The molecule has 0 aliphatic carbocycles. The lowest BCUT2D eigenvalue weighted by atomic mass is 10.2. The van der Waals surface area contributed by atoms with Crippen LogP contribution in [0.25, 0.3) is 11.3 Å². The molecular formula is C22H27N5O2S2. The number of nitrogens with zero attached hydrogens (tertiary/aromatic N) is 4. The Morgan fingerprint density at radius 1 is 1.03 bits per heavy atom. The minimum absolute atomic E-state index is 0.256. The van der Waals surface area contributed by atoms with E-state index in [1.807, 2.05) is 17.5 Å². The number of anilines is 2. The molecule has 0 aliphatic rings. The molecule has 0 bridgehead atoms. The predicted octanol–water partition coefficient (Wildman–Crippen LogP) is 4.35. The van der Waals surface area contributed by atoms with Crippen LogP contribution in [0.4, 0.5) is 10.8 Å². The molecule has 31 heavy (non-hydrogen) atoms. The van der Waals surface area contributed by atoms with Gasteiger partial charge in [0.05, 0.1) is 16.8 Å². The number of thiazole rings is 1. The lowest BCUT2D eigenvalue weighted by Crippen LogP contribution is -2.22. The first-order chi connectivity index (χ1) is 14.8. The Morgan fingerprint density at radius 3 is 2.26 bits per heavy atom. The molecule has 1 N–H and O–H groups in total. The van der Waals surface area contributed by atoms with Crippen molar-refractivity contribution in [3.63, 3.8) is 0 Å². The normalized spacial score (nSPS) is 11.9. The monoisotopic (exact) mass is 457 g/mol. The fourth-order valence-corrected chi connectivity index (χ4v) is 4.56. The molecule has 0 saturated heterocycles. The average Bonchev–Trinajstić information content (AvgIpc) is 3.24. The molecule has 7 nitrogen and oxygen atoms in total. The van der Waals surface area contributed by atoms with Crippen molar-refractivity contribution in [3.05, 3.63) is 59.5 Å². The minimum Gasteiger partial charge on any atom is -0.372 e. The Labute approximate surface area is 188 Å². The summed E-state index contributed by atoms with van der Waals surface area (Å²) in [4.78, 5) is 7.07. The third-order valence-corrected chi connectivity index (χ3v) is 7.40. The van der Waals surface area contributed by atoms with E-state index in [0.717, 1.165) is 29.9 Å². The molecule has 2 aromatic carbocycles. The summed E-state index contributed by atoms with van der Waals surface area (Å²) in [5.74, 6) is 0. The summed E-state index contributed by atoms with van der Waals surface area (Å²) in [6.07, 6.45) is 1.76. The van der Waals surface area contributed by atoms with Crippen LogP contribution < -0.4 is 10.3 Å². The zero-order chi connectivity index (χ0) is 22.4. The summed E-state index contributed by atoms with van der Waals surface area (Å²) in [5.41, 5.74) is 6.76. The SMILES string of the molecule is CCN(CC)c1ccc(/C=N/Nc2nc(-c3ccc(S(=O)(=O)N(C)C)cc3)cs2)cc1. The van der Waals surface area contributed by atoms with Crippen LogP contribution in [0.5, 0.6) is 0 Å². The van der Waals surface area contributed by atoms with E-state index in [4.69, 9.17) is 0 Å². The minimum atomic E-state index is -3.44. The van der Waals surface area contributed by atoms with E-state index in [2.05, 4.69) is 46.4 Å². The summed E-state index contributed by atoms with van der Waals surface area (Å²) >= 11 is 1.44. The van der Waals surface area contributed by atoms with Gasteiger partial charge in [-0.3, -0.25) is 5.43 Å². The molecule has 1 aromatic heterocycles. The van der Waals surface area contributed by atoms with Crippen LogP contribution in [0.2, 0.25) is 0 Å². The van der Waals surface area contributed by atoms with E-state index in [1.165, 1.54) is 35.4 Å². The van der Waals surface area contributed by atoms with Crippen LogP contribution in [0.1, 0.15) is 19.4 Å². The molecule has 1 heterocycles. The Kier molecular flexibility index (Phi) is 7.42. The van der Waals surface area contributed by atoms with Crippen LogP contribution >= 0.6 is 11.3 Å². The second kappa shape index (κ2) is 10.0. The van der Waals surface area contributed by atoms with Crippen molar-refractivity contribution in [2.45, 2.75) is 18.7 Å². The molecule has 0 radical (unpaired) electrons. The van der Waals surface area contributed by atoms with Gasteiger partial charge in [0.15, 0.2) is 0 Å². The zero-order valence-corrected chi connectivity index (χ0v) is 19.7. The van der Waals surface area contributed by atoms with Gasteiger partial charge >= 0.3 is 0 Å². The third-order valence-electron chi connectivity index (χ3n) is 4.83. The average molecular weight is 458 g/mol. The maximum atomic E-state index is 12.2. The van der Waals surface area contributed by atoms with Crippen LogP contribution in [-0.2, 0) is 10.0 Å². The number of aromatic nitrogens is 1. The zero-order valence-electron chi connectivity index (χ0n) is 18.1. The number of rotatable bonds is 9. The van der Waals surface area contributed by atoms with Gasteiger partial charge in [0.1, 0.15) is 0 Å². The molecule has 0 fully saturated rings. The first-order valence-electron chi connectivity index (χ1n) is 9.97. The number of nitrogens with one attached hydrogen (secondary N) is 1. The van der Waals surface area contributed by atoms with Gasteiger partial charge in [-0.15, -0.1) is 11.3 Å². The summed E-state index contributed by atoms with van der Waals surface area (Å²) < 4.78 is 25.6. The van der Waals surface area contributed by atoms with E-state index >= 15 is 0 Å². The summed E-state index contributed by atoms with van der Waals surface area (Å²) in [6, 6.07) is 15.0. The van der Waals surface area contributed by atoms with Gasteiger partial charge in [0.25, 0.3) is 0 Å². The highest BCUT2D eigenvalue weighted by Crippen LogP contribution is 2.26. The van der Waals surface area contributed by atoms with Crippen molar-refractivity contribution in [2.24, 2.45) is 5.10 Å². The van der Waals surface area contributed by atoms with E-state index in [-0.39, 0.29) is 4.90 Å². The van der Waals surface area contributed by atoms with Crippen molar-refractivity contribution in [3.8, 4) is 11.3 Å². The highest BCUT2D eigenvalue weighted by molar-refractivity contribution is 7.89. The molecule has 0 saturated carbocycles. The number of benzene rings is 2. The Morgan fingerprint density at radius 2 is 1.68 bits per heavy atom. The van der Waals surface area contributed by atoms with Crippen molar-refractivity contribution in [1.29, 1.82) is 0 Å². The van der Waals surface area contributed by atoms with Crippen molar-refractivity contribution < 1.29 is 8.42 Å². The number of sulfonamides is 1. The quantitative estimate of drug-likeness (QED) is 0.382. The van der Waals surface area contributed by atoms with Gasteiger partial charge in [-0.1, -0.05) is 24.3 Å². The largest absolute Gasteiger partial charge is 0.372 e. The van der Waals surface area contributed by atoms with Gasteiger partial charge < -0.3 is 4.90 Å². The first kappa shape index (κ1) is 22.9. The maximum Gasteiger partial charge on any atom is 0.242 e.